The van der Waals surface area contributed by atoms with Gasteiger partial charge in [-0.15, -0.1) is 0 Å². The second-order valence-electron chi connectivity index (χ2n) is 6.42. The summed E-state index contributed by atoms with van der Waals surface area (Å²) in [7, 11) is 0. The molecule has 2 aromatic carbocycles. The van der Waals surface area contributed by atoms with Gasteiger partial charge in [-0.2, -0.15) is 5.10 Å². The molecule has 1 aromatic heterocycles. The number of rotatable bonds is 3. The Labute approximate surface area is 166 Å². The van der Waals surface area contributed by atoms with Crippen LogP contribution in [0.3, 0.4) is 0 Å². The zero-order chi connectivity index (χ0) is 19.0. The lowest BCUT2D eigenvalue weighted by atomic mass is 10.0. The van der Waals surface area contributed by atoms with Crippen molar-refractivity contribution in [1.82, 2.24) is 9.78 Å². The molecule has 4 rings (SSSR count). The Bertz CT molecular complexity index is 993. The summed E-state index contributed by atoms with van der Waals surface area (Å²) in [4.78, 5) is 11.1. The third-order valence-electron chi connectivity index (χ3n) is 4.69. The average molecular weight is 402 g/mol. The molecule has 1 aliphatic rings. The van der Waals surface area contributed by atoms with Crippen molar-refractivity contribution in [2.45, 2.75) is 19.3 Å². The summed E-state index contributed by atoms with van der Waals surface area (Å²) in [5.41, 5.74) is 3.57. The maximum atomic E-state index is 11.1. The predicted octanol–water partition coefficient (Wildman–Crippen LogP) is 5.29. The number of carboxylic acids is 1. The lowest BCUT2D eigenvalue weighted by Crippen LogP contribution is -2.07. The molecule has 0 radical (unpaired) electrons. The second kappa shape index (κ2) is 7.25. The van der Waals surface area contributed by atoms with Gasteiger partial charge in [-0.1, -0.05) is 29.3 Å². The van der Waals surface area contributed by atoms with Gasteiger partial charge in [-0.3, -0.25) is 0 Å². The van der Waals surface area contributed by atoms with Gasteiger partial charge in [0.1, 0.15) is 11.5 Å². The molecule has 0 saturated carbocycles. The molecule has 0 aliphatic carbocycles. The predicted molar refractivity (Wildman–Crippen MR) is 107 cm³/mol. The van der Waals surface area contributed by atoms with Crippen molar-refractivity contribution in [3.8, 4) is 16.9 Å². The summed E-state index contributed by atoms with van der Waals surface area (Å²) in [6.45, 7) is 0.849. The fraction of sp³-hybridized carbons (Fsp3) is 0.200. The molecule has 0 unspecified atom stereocenters. The Morgan fingerprint density at radius 1 is 1.07 bits per heavy atom. The van der Waals surface area contributed by atoms with E-state index in [4.69, 9.17) is 33.4 Å². The molecule has 0 fully saturated rings. The summed E-state index contributed by atoms with van der Waals surface area (Å²) in [6, 6.07) is 12.1. The zero-order valence-corrected chi connectivity index (χ0v) is 15.9. The molecule has 0 saturated heterocycles. The maximum Gasteiger partial charge on any atom is 0.335 e. The second-order valence-corrected chi connectivity index (χ2v) is 7.23. The van der Waals surface area contributed by atoms with Crippen molar-refractivity contribution in [3.05, 3.63) is 63.6 Å². The minimum Gasteiger partial charge on any atom is -0.478 e. The van der Waals surface area contributed by atoms with E-state index in [0.717, 1.165) is 54.1 Å². The first-order valence-electron chi connectivity index (χ1n) is 8.70. The number of nitrogens with one attached hydrogen (secondary N) is 1. The highest BCUT2D eigenvalue weighted by atomic mass is 35.5. The van der Waals surface area contributed by atoms with Crippen molar-refractivity contribution >= 4 is 35.0 Å². The molecule has 2 N–H and O–H groups in total. The van der Waals surface area contributed by atoms with Gasteiger partial charge in [0.25, 0.3) is 0 Å². The first kappa shape index (κ1) is 17.9. The molecule has 5 nitrogen and oxygen atoms in total. The minimum absolute atomic E-state index is 0.235. The number of hydrogen-bond donors (Lipinski definition) is 2. The van der Waals surface area contributed by atoms with Crippen molar-refractivity contribution in [2.75, 3.05) is 11.9 Å². The third kappa shape index (κ3) is 3.29. The van der Waals surface area contributed by atoms with E-state index < -0.39 is 5.97 Å². The fourth-order valence-electron chi connectivity index (χ4n) is 3.36. The summed E-state index contributed by atoms with van der Waals surface area (Å²) in [5, 5.41) is 18.5. The van der Waals surface area contributed by atoms with Crippen LogP contribution in [-0.2, 0) is 6.42 Å². The lowest BCUT2D eigenvalue weighted by molar-refractivity contribution is 0.0697. The Morgan fingerprint density at radius 3 is 2.44 bits per heavy atom. The highest BCUT2D eigenvalue weighted by molar-refractivity contribution is 6.39. The van der Waals surface area contributed by atoms with Gasteiger partial charge in [0, 0.05) is 17.7 Å². The van der Waals surface area contributed by atoms with E-state index in [1.807, 2.05) is 6.07 Å². The van der Waals surface area contributed by atoms with E-state index >= 15 is 0 Å². The number of benzene rings is 2. The van der Waals surface area contributed by atoms with Gasteiger partial charge in [-0.25, -0.2) is 9.48 Å². The van der Waals surface area contributed by atoms with Crippen LogP contribution in [0, 0.1) is 0 Å². The topological polar surface area (TPSA) is 67.1 Å². The van der Waals surface area contributed by atoms with Gasteiger partial charge in [0.15, 0.2) is 0 Å². The summed E-state index contributed by atoms with van der Waals surface area (Å²) >= 11 is 12.9. The van der Waals surface area contributed by atoms with E-state index in [1.54, 1.807) is 41.1 Å². The molecular formula is C20H17Cl2N3O2. The van der Waals surface area contributed by atoms with Crippen LogP contribution in [-0.4, -0.2) is 27.4 Å². The zero-order valence-electron chi connectivity index (χ0n) is 14.4. The van der Waals surface area contributed by atoms with Crippen molar-refractivity contribution in [1.29, 1.82) is 0 Å². The molecule has 0 atom stereocenters. The number of halogens is 2. The fourth-order valence-corrected chi connectivity index (χ4v) is 3.94. The monoisotopic (exact) mass is 401 g/mol. The van der Waals surface area contributed by atoms with E-state index in [0.29, 0.717) is 10.0 Å². The van der Waals surface area contributed by atoms with Crippen LogP contribution >= 0.6 is 23.2 Å². The van der Waals surface area contributed by atoms with Gasteiger partial charge in [-0.05, 0) is 55.7 Å². The van der Waals surface area contributed by atoms with Gasteiger partial charge in [0.05, 0.1) is 21.3 Å². The summed E-state index contributed by atoms with van der Waals surface area (Å²) in [6.07, 6.45) is 2.97. The average Bonchev–Trinajstić information content (AvgIpc) is 2.84. The van der Waals surface area contributed by atoms with E-state index in [-0.39, 0.29) is 5.56 Å². The van der Waals surface area contributed by atoms with Crippen LogP contribution in [0.1, 0.15) is 28.8 Å². The van der Waals surface area contributed by atoms with E-state index in [9.17, 15) is 4.79 Å². The van der Waals surface area contributed by atoms with Crippen LogP contribution in [0.4, 0.5) is 5.82 Å². The highest BCUT2D eigenvalue weighted by Gasteiger charge is 2.24. The molecule has 2 heterocycles. The Balaban J connectivity index is 1.91. The van der Waals surface area contributed by atoms with Crippen LogP contribution in [0.25, 0.3) is 16.9 Å². The highest BCUT2D eigenvalue weighted by Crippen LogP contribution is 2.40. The molecule has 138 valence electrons. The quantitative estimate of drug-likeness (QED) is 0.625. The maximum absolute atomic E-state index is 11.1. The molecule has 0 spiro atoms. The van der Waals surface area contributed by atoms with E-state index in [2.05, 4.69) is 5.32 Å². The van der Waals surface area contributed by atoms with Gasteiger partial charge in [0.2, 0.25) is 0 Å². The number of aromatic carboxylic acids is 1. The lowest BCUT2D eigenvalue weighted by Gasteiger charge is -2.09. The summed E-state index contributed by atoms with van der Waals surface area (Å²) < 4.78 is 1.81. The number of fused-ring (bicyclic) bond motifs is 1. The molecule has 0 bridgehead atoms. The number of anilines is 1. The molecule has 3 aromatic rings. The van der Waals surface area contributed by atoms with E-state index in [1.165, 1.54) is 0 Å². The Kier molecular flexibility index (Phi) is 4.81. The van der Waals surface area contributed by atoms with Crippen LogP contribution in [0.5, 0.6) is 0 Å². The third-order valence-corrected chi connectivity index (χ3v) is 5.32. The van der Waals surface area contributed by atoms with Crippen LogP contribution in [0.15, 0.2) is 42.5 Å². The molecule has 1 aliphatic heterocycles. The van der Waals surface area contributed by atoms with Crippen LogP contribution in [0.2, 0.25) is 10.0 Å². The number of aromatic nitrogens is 2. The molecule has 7 heteroatoms. The van der Waals surface area contributed by atoms with Crippen molar-refractivity contribution in [3.63, 3.8) is 0 Å². The first-order valence-corrected chi connectivity index (χ1v) is 9.45. The van der Waals surface area contributed by atoms with Crippen molar-refractivity contribution in [2.24, 2.45) is 0 Å². The smallest absolute Gasteiger partial charge is 0.335 e. The van der Waals surface area contributed by atoms with Gasteiger partial charge >= 0.3 is 5.97 Å². The first-order chi connectivity index (χ1) is 13.1. The molecular weight excluding hydrogens is 385 g/mol. The number of carbonyl (C=O) groups is 1. The number of hydrogen-bond acceptors (Lipinski definition) is 3. The number of nitrogens with zero attached hydrogens (tertiary/aromatic N) is 2. The Morgan fingerprint density at radius 2 is 1.78 bits per heavy atom. The standard InChI is InChI=1S/C20H17Cl2N3O2/c21-15-5-3-6-16(22)17(15)18-14-4-1-2-11-23-19(14)25(24-18)13-9-7-12(8-10-13)20(26)27/h3,5-10,23H,1-2,4,11H2,(H,26,27). The largest absolute Gasteiger partial charge is 0.478 e. The number of carboxylic acid groups (broad SMARTS) is 1. The van der Waals surface area contributed by atoms with Gasteiger partial charge < -0.3 is 10.4 Å². The Hall–Kier alpha value is -2.50. The SMILES string of the molecule is O=C(O)c1ccc(-n2nc(-c3c(Cl)cccc3Cl)c3c2NCCCC3)cc1. The van der Waals surface area contributed by atoms with Crippen LogP contribution < -0.4 is 5.32 Å². The summed E-state index contributed by atoms with van der Waals surface area (Å²) in [5.74, 6) is -0.0518. The normalized spacial score (nSPS) is 13.6. The molecule has 27 heavy (non-hydrogen) atoms. The minimum atomic E-state index is -0.956. The molecule has 0 amide bonds. The van der Waals surface area contributed by atoms with Crippen molar-refractivity contribution < 1.29 is 9.90 Å².